The Morgan fingerprint density at radius 3 is 2.00 bits per heavy atom. The highest BCUT2D eigenvalue weighted by atomic mass is 32.2. The molecule has 1 aliphatic rings. The second-order valence-corrected chi connectivity index (χ2v) is 7.80. The minimum Gasteiger partial charge on any atom is -0.294 e. The summed E-state index contributed by atoms with van der Waals surface area (Å²) in [6, 6.07) is 6.34. The van der Waals surface area contributed by atoms with E-state index in [-0.39, 0.29) is 16.6 Å². The molecule has 5 heteroatoms. The number of benzene rings is 1. The van der Waals surface area contributed by atoms with Crippen LogP contribution in [0.3, 0.4) is 0 Å². The average Bonchev–Trinajstić information content (AvgIpc) is 2.76. The van der Waals surface area contributed by atoms with Crippen LogP contribution in [0.5, 0.6) is 0 Å². The van der Waals surface area contributed by atoms with E-state index in [0.29, 0.717) is 18.7 Å². The lowest BCUT2D eigenvalue weighted by Gasteiger charge is -2.20. The number of sulfonamides is 1. The van der Waals surface area contributed by atoms with Gasteiger partial charge in [0.2, 0.25) is 10.0 Å². The van der Waals surface area contributed by atoms with Gasteiger partial charge in [-0.05, 0) is 25.0 Å². The normalized spacial score (nSPS) is 17.7. The summed E-state index contributed by atoms with van der Waals surface area (Å²) in [5, 5.41) is 0. The van der Waals surface area contributed by atoms with Crippen LogP contribution < -0.4 is 0 Å². The van der Waals surface area contributed by atoms with Crippen molar-refractivity contribution < 1.29 is 13.2 Å². The van der Waals surface area contributed by atoms with Gasteiger partial charge in [-0.15, -0.1) is 0 Å². The molecule has 0 amide bonds. The van der Waals surface area contributed by atoms with Gasteiger partial charge < -0.3 is 0 Å². The minimum absolute atomic E-state index is 0.0359. The van der Waals surface area contributed by atoms with Crippen molar-refractivity contribution in [2.24, 2.45) is 5.92 Å². The molecular formula is C16H23NO3S. The number of nitrogens with zero attached hydrogens (tertiary/aromatic N) is 1. The zero-order valence-electron chi connectivity index (χ0n) is 12.7. The summed E-state index contributed by atoms with van der Waals surface area (Å²) in [6.45, 7) is 4.86. The molecule has 0 N–H and O–H groups in total. The molecule has 116 valence electrons. The maximum absolute atomic E-state index is 12.6. The van der Waals surface area contributed by atoms with Crippen LogP contribution in [0.4, 0.5) is 0 Å². The molecule has 1 aromatic rings. The molecule has 0 saturated carbocycles. The van der Waals surface area contributed by atoms with Crippen LogP contribution >= 0.6 is 0 Å². The summed E-state index contributed by atoms with van der Waals surface area (Å²) < 4.78 is 26.8. The number of rotatable bonds is 4. The van der Waals surface area contributed by atoms with Crippen molar-refractivity contribution in [2.45, 2.75) is 44.4 Å². The zero-order valence-corrected chi connectivity index (χ0v) is 13.5. The average molecular weight is 309 g/mol. The number of Topliss-reactive ketones (excluding diaryl/α,β-unsaturated/α-hetero) is 1. The molecule has 0 bridgehead atoms. The largest absolute Gasteiger partial charge is 0.294 e. The number of hydrogen-bond donors (Lipinski definition) is 0. The van der Waals surface area contributed by atoms with Gasteiger partial charge in [-0.25, -0.2) is 8.42 Å². The second kappa shape index (κ2) is 6.71. The van der Waals surface area contributed by atoms with E-state index < -0.39 is 10.0 Å². The van der Waals surface area contributed by atoms with Crippen molar-refractivity contribution >= 4 is 15.8 Å². The lowest BCUT2D eigenvalue weighted by atomic mass is 10.0. The monoisotopic (exact) mass is 309 g/mol. The first kappa shape index (κ1) is 16.2. The molecule has 0 atom stereocenters. The molecule has 1 heterocycles. The van der Waals surface area contributed by atoms with Crippen LogP contribution in [0.1, 0.15) is 49.9 Å². The van der Waals surface area contributed by atoms with Crippen molar-refractivity contribution in [3.8, 4) is 0 Å². The maximum Gasteiger partial charge on any atom is 0.243 e. The topological polar surface area (TPSA) is 54.5 Å². The Balaban J connectivity index is 2.22. The predicted molar refractivity (Wildman–Crippen MR) is 82.8 cm³/mol. The van der Waals surface area contributed by atoms with Gasteiger partial charge in [0.15, 0.2) is 5.78 Å². The van der Waals surface area contributed by atoms with Gasteiger partial charge in [-0.3, -0.25) is 4.79 Å². The molecule has 0 spiro atoms. The van der Waals surface area contributed by atoms with Crippen molar-refractivity contribution in [2.75, 3.05) is 13.1 Å². The SMILES string of the molecule is CC(C)C(=O)c1ccc(S(=O)(=O)N2CCCCCC2)cc1. The fourth-order valence-electron chi connectivity index (χ4n) is 2.56. The molecule has 0 aromatic heterocycles. The highest BCUT2D eigenvalue weighted by Crippen LogP contribution is 2.21. The molecule has 1 saturated heterocycles. The lowest BCUT2D eigenvalue weighted by molar-refractivity contribution is 0.0939. The molecular weight excluding hydrogens is 286 g/mol. The second-order valence-electron chi connectivity index (χ2n) is 5.86. The highest BCUT2D eigenvalue weighted by Gasteiger charge is 2.25. The molecule has 21 heavy (non-hydrogen) atoms. The summed E-state index contributed by atoms with van der Waals surface area (Å²) in [7, 11) is -3.43. The summed E-state index contributed by atoms with van der Waals surface area (Å²) >= 11 is 0. The zero-order chi connectivity index (χ0) is 15.5. The highest BCUT2D eigenvalue weighted by molar-refractivity contribution is 7.89. The number of carbonyl (C=O) groups excluding carboxylic acids is 1. The first-order valence-electron chi connectivity index (χ1n) is 7.57. The van der Waals surface area contributed by atoms with Crippen LogP contribution in [0, 0.1) is 5.92 Å². The van der Waals surface area contributed by atoms with E-state index in [1.165, 1.54) is 0 Å². The summed E-state index contributed by atoms with van der Waals surface area (Å²) in [5.41, 5.74) is 0.569. The van der Waals surface area contributed by atoms with E-state index in [1.807, 2.05) is 13.8 Å². The Hall–Kier alpha value is -1.20. The predicted octanol–water partition coefficient (Wildman–Crippen LogP) is 3.09. The van der Waals surface area contributed by atoms with Crippen molar-refractivity contribution in [1.82, 2.24) is 4.31 Å². The number of carbonyl (C=O) groups is 1. The van der Waals surface area contributed by atoms with Gasteiger partial charge >= 0.3 is 0 Å². The first-order valence-corrected chi connectivity index (χ1v) is 9.01. The van der Waals surface area contributed by atoms with Crippen LogP contribution in [0.15, 0.2) is 29.2 Å². The first-order chi connectivity index (χ1) is 9.93. The number of hydrogen-bond acceptors (Lipinski definition) is 3. The number of ketones is 1. The Labute approximate surface area is 127 Å². The molecule has 0 unspecified atom stereocenters. The van der Waals surface area contributed by atoms with Crippen molar-refractivity contribution in [3.05, 3.63) is 29.8 Å². The minimum atomic E-state index is -3.43. The van der Waals surface area contributed by atoms with E-state index in [1.54, 1.807) is 28.6 Å². The van der Waals surface area contributed by atoms with E-state index in [0.717, 1.165) is 25.7 Å². The third-order valence-electron chi connectivity index (χ3n) is 3.87. The third kappa shape index (κ3) is 3.71. The standard InChI is InChI=1S/C16H23NO3S/c1-13(2)16(18)14-7-9-15(10-8-14)21(19,20)17-11-5-3-4-6-12-17/h7-10,13H,3-6,11-12H2,1-2H3. The summed E-state index contributed by atoms with van der Waals surface area (Å²) in [5.74, 6) is -0.0493. The van der Waals surface area contributed by atoms with Gasteiger partial charge in [0.25, 0.3) is 0 Å². The van der Waals surface area contributed by atoms with Gasteiger partial charge in [-0.1, -0.05) is 38.8 Å². The quantitative estimate of drug-likeness (QED) is 0.803. The summed E-state index contributed by atoms with van der Waals surface area (Å²) in [4.78, 5) is 12.2. The van der Waals surface area contributed by atoms with E-state index in [4.69, 9.17) is 0 Å². The van der Waals surface area contributed by atoms with Crippen molar-refractivity contribution in [3.63, 3.8) is 0 Å². The molecule has 1 fully saturated rings. The van der Waals surface area contributed by atoms with Gasteiger partial charge in [0.05, 0.1) is 4.90 Å². The van der Waals surface area contributed by atoms with E-state index in [2.05, 4.69) is 0 Å². The molecule has 2 rings (SSSR count). The van der Waals surface area contributed by atoms with Crippen LogP contribution in [0.2, 0.25) is 0 Å². The van der Waals surface area contributed by atoms with Crippen LogP contribution in [-0.2, 0) is 10.0 Å². The maximum atomic E-state index is 12.6. The molecule has 1 aromatic carbocycles. The Bertz CT molecular complexity index is 582. The molecule has 0 aliphatic carbocycles. The Kier molecular flexibility index (Phi) is 5.17. The summed E-state index contributed by atoms with van der Waals surface area (Å²) in [6.07, 6.45) is 4.02. The lowest BCUT2D eigenvalue weighted by Crippen LogP contribution is -2.31. The Morgan fingerprint density at radius 1 is 1.00 bits per heavy atom. The van der Waals surface area contributed by atoms with Crippen LogP contribution in [0.25, 0.3) is 0 Å². The molecule has 1 aliphatic heterocycles. The smallest absolute Gasteiger partial charge is 0.243 e. The van der Waals surface area contributed by atoms with Gasteiger partial charge in [0, 0.05) is 24.6 Å². The third-order valence-corrected chi connectivity index (χ3v) is 5.78. The van der Waals surface area contributed by atoms with Gasteiger partial charge in [-0.2, -0.15) is 4.31 Å². The fraction of sp³-hybridized carbons (Fsp3) is 0.562. The fourth-order valence-corrected chi connectivity index (χ4v) is 4.07. The Morgan fingerprint density at radius 2 is 1.52 bits per heavy atom. The van der Waals surface area contributed by atoms with Crippen LogP contribution in [-0.4, -0.2) is 31.6 Å². The van der Waals surface area contributed by atoms with Crippen molar-refractivity contribution in [1.29, 1.82) is 0 Å². The van der Waals surface area contributed by atoms with Gasteiger partial charge in [0.1, 0.15) is 0 Å². The molecule has 0 radical (unpaired) electrons. The molecule has 4 nitrogen and oxygen atoms in total. The van der Waals surface area contributed by atoms with E-state index >= 15 is 0 Å². The van der Waals surface area contributed by atoms with E-state index in [9.17, 15) is 13.2 Å².